The number of benzene rings is 2. The lowest BCUT2D eigenvalue weighted by atomic mass is 10.2. The van der Waals surface area contributed by atoms with Crippen molar-refractivity contribution in [1.29, 1.82) is 0 Å². The van der Waals surface area contributed by atoms with Crippen molar-refractivity contribution in [3.63, 3.8) is 0 Å². The lowest BCUT2D eigenvalue weighted by molar-refractivity contribution is 0.174. The van der Waals surface area contributed by atoms with Crippen molar-refractivity contribution in [2.24, 2.45) is 0 Å². The van der Waals surface area contributed by atoms with Crippen molar-refractivity contribution in [3.8, 4) is 28.7 Å². The third kappa shape index (κ3) is 3.60. The second-order valence-corrected chi connectivity index (χ2v) is 8.95. The molecule has 5 rings (SSSR count). The summed E-state index contributed by atoms with van der Waals surface area (Å²) in [5.74, 6) is 3.00. The van der Waals surface area contributed by atoms with Gasteiger partial charge in [-0.3, -0.25) is 4.57 Å². The van der Waals surface area contributed by atoms with Gasteiger partial charge in [-0.1, -0.05) is 29.8 Å². The topological polar surface area (TPSA) is 56.8 Å². The summed E-state index contributed by atoms with van der Waals surface area (Å²) in [5, 5.41) is 11.4. The summed E-state index contributed by atoms with van der Waals surface area (Å²) < 4.78 is 19.0. The van der Waals surface area contributed by atoms with Crippen LogP contribution in [-0.4, -0.2) is 16.5 Å². The molecule has 2 aromatic heterocycles. The molecule has 0 bridgehead atoms. The van der Waals surface area contributed by atoms with Crippen molar-refractivity contribution < 1.29 is 19.0 Å². The van der Waals surface area contributed by atoms with Crippen LogP contribution in [0.1, 0.15) is 16.2 Å². The SMILES string of the molecule is Oc1c(Cc2ccc(-c3ccccc3Cl)o2)sc(=S)n1Cc1ccc2c(c1)OCO2. The van der Waals surface area contributed by atoms with Gasteiger partial charge in [0.1, 0.15) is 11.5 Å². The largest absolute Gasteiger partial charge is 0.494 e. The zero-order chi connectivity index (χ0) is 20.7. The van der Waals surface area contributed by atoms with Crippen LogP contribution in [0.4, 0.5) is 0 Å². The fourth-order valence-electron chi connectivity index (χ4n) is 3.36. The van der Waals surface area contributed by atoms with Crippen LogP contribution in [0.3, 0.4) is 0 Å². The number of thiazole rings is 1. The lowest BCUT2D eigenvalue weighted by Crippen LogP contribution is -1.99. The molecule has 0 fully saturated rings. The standard InChI is InChI=1S/C22H16ClNO4S2/c23-16-4-2-1-3-15(16)17-8-6-14(28-17)10-20-21(25)24(22(29)30-20)11-13-5-7-18-19(9-13)27-12-26-18/h1-9,25H,10-12H2. The number of aromatic nitrogens is 1. The Balaban J connectivity index is 1.38. The molecule has 0 saturated heterocycles. The molecule has 4 aromatic rings. The molecule has 152 valence electrons. The molecule has 0 saturated carbocycles. The van der Waals surface area contributed by atoms with E-state index in [1.54, 1.807) is 4.57 Å². The van der Waals surface area contributed by atoms with E-state index in [1.165, 1.54) is 11.3 Å². The van der Waals surface area contributed by atoms with Crippen LogP contribution in [0.2, 0.25) is 5.02 Å². The summed E-state index contributed by atoms with van der Waals surface area (Å²) in [7, 11) is 0. The number of halogens is 1. The molecular formula is C22H16ClNO4S2. The predicted molar refractivity (Wildman–Crippen MR) is 118 cm³/mol. The van der Waals surface area contributed by atoms with Crippen LogP contribution < -0.4 is 9.47 Å². The van der Waals surface area contributed by atoms with Crippen molar-refractivity contribution >= 4 is 35.2 Å². The second-order valence-electron chi connectivity index (χ2n) is 6.81. The van der Waals surface area contributed by atoms with Gasteiger partial charge >= 0.3 is 0 Å². The minimum absolute atomic E-state index is 0.151. The van der Waals surface area contributed by atoms with Crippen LogP contribution in [0, 0.1) is 3.95 Å². The molecule has 1 aliphatic heterocycles. The van der Waals surface area contributed by atoms with Gasteiger partial charge in [-0.15, -0.1) is 11.3 Å². The number of ether oxygens (including phenoxy) is 2. The van der Waals surface area contributed by atoms with Gasteiger partial charge in [0.15, 0.2) is 15.5 Å². The maximum absolute atomic E-state index is 10.8. The van der Waals surface area contributed by atoms with Crippen molar-refractivity contribution in [2.45, 2.75) is 13.0 Å². The Labute approximate surface area is 186 Å². The first-order valence-corrected chi connectivity index (χ1v) is 10.8. The van der Waals surface area contributed by atoms with E-state index in [9.17, 15) is 5.11 Å². The van der Waals surface area contributed by atoms with Gasteiger partial charge in [-0.05, 0) is 54.2 Å². The zero-order valence-corrected chi connectivity index (χ0v) is 18.0. The average Bonchev–Trinajstić information content (AvgIpc) is 3.45. The van der Waals surface area contributed by atoms with Crippen LogP contribution in [-0.2, 0) is 13.0 Å². The molecule has 30 heavy (non-hydrogen) atoms. The molecule has 0 amide bonds. The van der Waals surface area contributed by atoms with E-state index >= 15 is 0 Å². The number of rotatable bonds is 5. The molecule has 0 radical (unpaired) electrons. The van der Waals surface area contributed by atoms with Gasteiger partial charge in [-0.25, -0.2) is 0 Å². The van der Waals surface area contributed by atoms with Crippen LogP contribution in [0.5, 0.6) is 17.4 Å². The minimum atomic E-state index is 0.151. The quantitative estimate of drug-likeness (QED) is 0.358. The van der Waals surface area contributed by atoms with Crippen LogP contribution in [0.25, 0.3) is 11.3 Å². The number of hydrogen-bond acceptors (Lipinski definition) is 6. The van der Waals surface area contributed by atoms with Crippen molar-refractivity contribution in [1.82, 2.24) is 4.57 Å². The zero-order valence-electron chi connectivity index (χ0n) is 15.6. The molecular weight excluding hydrogens is 442 g/mol. The van der Waals surface area contributed by atoms with Gasteiger partial charge in [-0.2, -0.15) is 0 Å². The highest BCUT2D eigenvalue weighted by molar-refractivity contribution is 7.73. The van der Waals surface area contributed by atoms with E-state index in [0.717, 1.165) is 27.5 Å². The van der Waals surface area contributed by atoms with Gasteiger partial charge in [0.2, 0.25) is 12.7 Å². The second kappa shape index (κ2) is 7.83. The van der Waals surface area contributed by atoms with E-state index in [-0.39, 0.29) is 12.7 Å². The van der Waals surface area contributed by atoms with E-state index in [1.807, 2.05) is 54.6 Å². The fraction of sp³-hybridized carbons (Fsp3) is 0.136. The maximum Gasteiger partial charge on any atom is 0.231 e. The summed E-state index contributed by atoms with van der Waals surface area (Å²) in [6.45, 7) is 0.673. The molecule has 1 aliphatic rings. The monoisotopic (exact) mass is 457 g/mol. The van der Waals surface area contributed by atoms with E-state index < -0.39 is 0 Å². The molecule has 0 atom stereocenters. The van der Waals surface area contributed by atoms with Gasteiger partial charge < -0.3 is 19.0 Å². The number of aromatic hydroxyl groups is 1. The highest BCUT2D eigenvalue weighted by atomic mass is 35.5. The normalized spacial score (nSPS) is 12.4. The fourth-order valence-corrected chi connectivity index (χ4v) is 4.93. The van der Waals surface area contributed by atoms with Gasteiger partial charge in [0.05, 0.1) is 16.4 Å². The predicted octanol–water partition coefficient (Wildman–Crippen LogP) is 6.27. The summed E-state index contributed by atoms with van der Waals surface area (Å²) in [6.07, 6.45) is 0.443. The molecule has 0 aliphatic carbocycles. The summed E-state index contributed by atoms with van der Waals surface area (Å²) in [4.78, 5) is 0.751. The minimum Gasteiger partial charge on any atom is -0.494 e. The van der Waals surface area contributed by atoms with Crippen LogP contribution in [0.15, 0.2) is 59.0 Å². The van der Waals surface area contributed by atoms with E-state index in [2.05, 4.69) is 0 Å². The first-order valence-electron chi connectivity index (χ1n) is 9.22. The molecule has 1 N–H and O–H groups in total. The highest BCUT2D eigenvalue weighted by Crippen LogP contribution is 2.35. The van der Waals surface area contributed by atoms with Gasteiger partial charge in [0.25, 0.3) is 0 Å². The summed E-state index contributed by atoms with van der Waals surface area (Å²) >= 11 is 13.1. The molecule has 5 nitrogen and oxygen atoms in total. The Bertz CT molecular complexity index is 1290. The smallest absolute Gasteiger partial charge is 0.231 e. The number of fused-ring (bicyclic) bond motifs is 1. The summed E-state index contributed by atoms with van der Waals surface area (Å²) in [5.41, 5.74) is 1.80. The maximum atomic E-state index is 10.8. The molecule has 0 spiro atoms. The third-order valence-corrected chi connectivity index (χ3v) is 6.62. The Morgan fingerprint density at radius 1 is 1.07 bits per heavy atom. The Morgan fingerprint density at radius 2 is 1.90 bits per heavy atom. The number of furan rings is 1. The van der Waals surface area contributed by atoms with Crippen LogP contribution >= 0.6 is 35.2 Å². The highest BCUT2D eigenvalue weighted by Gasteiger charge is 2.18. The Morgan fingerprint density at radius 3 is 2.77 bits per heavy atom. The van der Waals surface area contributed by atoms with Crippen molar-refractivity contribution in [3.05, 3.63) is 79.8 Å². The lowest BCUT2D eigenvalue weighted by Gasteiger charge is -2.06. The molecule has 3 heterocycles. The molecule has 0 unspecified atom stereocenters. The van der Waals surface area contributed by atoms with E-state index in [0.29, 0.717) is 33.5 Å². The Kier molecular flexibility index (Phi) is 5.02. The van der Waals surface area contributed by atoms with Crippen molar-refractivity contribution in [2.75, 3.05) is 6.79 Å². The molecule has 8 heteroatoms. The first-order chi connectivity index (χ1) is 14.6. The summed E-state index contributed by atoms with van der Waals surface area (Å²) in [6, 6.07) is 17.0. The first kappa shape index (κ1) is 19.2. The molecule has 2 aromatic carbocycles. The number of hydrogen-bond donors (Lipinski definition) is 1. The average molecular weight is 458 g/mol. The third-order valence-electron chi connectivity index (χ3n) is 4.85. The number of nitrogens with zero attached hydrogens (tertiary/aromatic N) is 1. The van der Waals surface area contributed by atoms with E-state index in [4.69, 9.17) is 37.7 Å². The van der Waals surface area contributed by atoms with Gasteiger partial charge in [0, 0.05) is 12.0 Å². The Hall–Kier alpha value is -2.74.